The molecular formula is C14H23N3O3. The van der Waals surface area contributed by atoms with Crippen molar-refractivity contribution in [3.63, 3.8) is 0 Å². The number of rotatable bonds is 7. The van der Waals surface area contributed by atoms with Crippen LogP contribution in [0.15, 0.2) is 0 Å². The second-order valence-electron chi connectivity index (χ2n) is 5.11. The van der Waals surface area contributed by atoms with E-state index in [0.29, 0.717) is 26.1 Å². The largest absolute Gasteiger partial charge is 0.481 e. The Labute approximate surface area is 120 Å². The van der Waals surface area contributed by atoms with Crippen LogP contribution in [0.25, 0.3) is 0 Å². The minimum absolute atomic E-state index is 0.00948. The van der Waals surface area contributed by atoms with E-state index in [1.165, 1.54) is 0 Å². The highest BCUT2D eigenvalue weighted by molar-refractivity contribution is 5.79. The summed E-state index contributed by atoms with van der Waals surface area (Å²) in [6, 6.07) is 2.12. The van der Waals surface area contributed by atoms with Crippen molar-refractivity contribution in [2.75, 3.05) is 32.7 Å². The van der Waals surface area contributed by atoms with Gasteiger partial charge in [0.1, 0.15) is 0 Å². The molecule has 0 bridgehead atoms. The van der Waals surface area contributed by atoms with Crippen LogP contribution in [-0.4, -0.2) is 59.5 Å². The maximum Gasteiger partial charge on any atom is 0.305 e. The normalized spacial score (nSPS) is 19.3. The Hall–Kier alpha value is -1.61. The number of nitriles is 1. The zero-order valence-electron chi connectivity index (χ0n) is 12.0. The fraction of sp³-hybridized carbons (Fsp3) is 0.786. The summed E-state index contributed by atoms with van der Waals surface area (Å²) in [5.41, 5.74) is 0. The lowest BCUT2D eigenvalue weighted by molar-refractivity contribution is -0.140. The highest BCUT2D eigenvalue weighted by atomic mass is 16.4. The second-order valence-corrected chi connectivity index (χ2v) is 5.11. The van der Waals surface area contributed by atoms with E-state index < -0.39 is 5.97 Å². The van der Waals surface area contributed by atoms with Crippen molar-refractivity contribution >= 4 is 11.9 Å². The number of likely N-dealkylation sites (tertiary alicyclic amines) is 1. The van der Waals surface area contributed by atoms with E-state index in [2.05, 4.69) is 11.0 Å². The third-order valence-corrected chi connectivity index (χ3v) is 3.68. The molecule has 112 valence electrons. The summed E-state index contributed by atoms with van der Waals surface area (Å²) >= 11 is 0. The lowest BCUT2D eigenvalue weighted by atomic mass is 9.96. The van der Waals surface area contributed by atoms with Gasteiger partial charge in [-0.15, -0.1) is 0 Å². The predicted octanol–water partition coefficient (Wildman–Crippen LogP) is 0.935. The van der Waals surface area contributed by atoms with Gasteiger partial charge in [0.25, 0.3) is 0 Å². The minimum atomic E-state index is -0.879. The van der Waals surface area contributed by atoms with E-state index in [1.54, 1.807) is 4.90 Å². The van der Waals surface area contributed by atoms with Gasteiger partial charge in [-0.1, -0.05) is 0 Å². The van der Waals surface area contributed by atoms with E-state index in [4.69, 9.17) is 10.4 Å². The summed E-state index contributed by atoms with van der Waals surface area (Å²) in [5, 5.41) is 17.3. The lowest BCUT2D eigenvalue weighted by Gasteiger charge is -2.34. The monoisotopic (exact) mass is 281 g/mol. The maximum absolute atomic E-state index is 12.4. The van der Waals surface area contributed by atoms with Gasteiger partial charge in [0, 0.05) is 32.6 Å². The fourth-order valence-corrected chi connectivity index (χ4v) is 2.58. The molecule has 1 N–H and O–H groups in total. The number of piperidine rings is 1. The number of carboxylic acids is 1. The van der Waals surface area contributed by atoms with Crippen LogP contribution in [0.3, 0.4) is 0 Å². The van der Waals surface area contributed by atoms with Crippen LogP contribution in [0.2, 0.25) is 0 Å². The van der Waals surface area contributed by atoms with Gasteiger partial charge < -0.3 is 14.9 Å². The molecule has 1 heterocycles. The van der Waals surface area contributed by atoms with Crippen molar-refractivity contribution in [1.29, 1.82) is 5.26 Å². The van der Waals surface area contributed by atoms with Gasteiger partial charge in [0.15, 0.2) is 0 Å². The van der Waals surface area contributed by atoms with E-state index in [-0.39, 0.29) is 24.8 Å². The van der Waals surface area contributed by atoms with Gasteiger partial charge in [0.05, 0.1) is 18.4 Å². The molecule has 1 unspecified atom stereocenters. The molecule has 1 aliphatic heterocycles. The number of carbonyl (C=O) groups excluding carboxylic acids is 1. The molecule has 0 radical (unpaired) electrons. The SMILES string of the molecule is CCN(CCC(=O)O)C(=O)C1CCCN(CCC#N)C1. The standard InChI is InChI=1S/C14H23N3O3/c1-2-17(10-6-13(18)19)14(20)12-5-3-8-16(11-12)9-4-7-15/h12H,2-6,8-11H2,1H3,(H,18,19). The molecule has 1 rings (SSSR count). The van der Waals surface area contributed by atoms with Crippen molar-refractivity contribution in [2.24, 2.45) is 5.92 Å². The lowest BCUT2D eigenvalue weighted by Crippen LogP contribution is -2.45. The number of nitrogens with zero attached hydrogens (tertiary/aromatic N) is 3. The number of carboxylic acid groups (broad SMARTS) is 1. The average Bonchev–Trinajstić information content (AvgIpc) is 2.45. The molecular weight excluding hydrogens is 258 g/mol. The Bertz CT molecular complexity index is 378. The van der Waals surface area contributed by atoms with Crippen LogP contribution in [0.5, 0.6) is 0 Å². The molecule has 20 heavy (non-hydrogen) atoms. The Balaban J connectivity index is 2.51. The van der Waals surface area contributed by atoms with Crippen LogP contribution in [0.4, 0.5) is 0 Å². The third-order valence-electron chi connectivity index (χ3n) is 3.68. The fourth-order valence-electron chi connectivity index (χ4n) is 2.58. The first-order chi connectivity index (χ1) is 9.58. The first-order valence-corrected chi connectivity index (χ1v) is 7.18. The maximum atomic E-state index is 12.4. The van der Waals surface area contributed by atoms with Crippen molar-refractivity contribution in [1.82, 2.24) is 9.80 Å². The summed E-state index contributed by atoms with van der Waals surface area (Å²) in [6.45, 7) is 5.02. The first kappa shape index (κ1) is 16.4. The zero-order chi connectivity index (χ0) is 15.0. The molecule has 1 fully saturated rings. The molecule has 0 saturated carbocycles. The minimum Gasteiger partial charge on any atom is -0.481 e. The van der Waals surface area contributed by atoms with Crippen molar-refractivity contribution < 1.29 is 14.7 Å². The van der Waals surface area contributed by atoms with Crippen molar-refractivity contribution in [3.05, 3.63) is 0 Å². The van der Waals surface area contributed by atoms with E-state index in [1.807, 2.05) is 6.92 Å². The Morgan fingerprint density at radius 2 is 2.25 bits per heavy atom. The molecule has 6 nitrogen and oxygen atoms in total. The molecule has 0 spiro atoms. The summed E-state index contributed by atoms with van der Waals surface area (Å²) in [7, 11) is 0. The first-order valence-electron chi connectivity index (χ1n) is 7.18. The average molecular weight is 281 g/mol. The number of carbonyl (C=O) groups is 2. The molecule has 1 atom stereocenters. The smallest absolute Gasteiger partial charge is 0.305 e. The molecule has 0 aromatic carbocycles. The molecule has 0 aromatic rings. The molecule has 6 heteroatoms. The molecule has 1 amide bonds. The van der Waals surface area contributed by atoms with Gasteiger partial charge in [-0.25, -0.2) is 0 Å². The summed E-state index contributed by atoms with van der Waals surface area (Å²) in [6.07, 6.45) is 2.28. The van der Waals surface area contributed by atoms with Gasteiger partial charge in [-0.2, -0.15) is 5.26 Å². The highest BCUT2D eigenvalue weighted by Crippen LogP contribution is 2.19. The predicted molar refractivity (Wildman–Crippen MR) is 73.9 cm³/mol. The molecule has 1 saturated heterocycles. The van der Waals surface area contributed by atoms with E-state index >= 15 is 0 Å². The number of aliphatic carboxylic acids is 1. The number of hydrogen-bond acceptors (Lipinski definition) is 4. The molecule has 1 aliphatic rings. The van der Waals surface area contributed by atoms with E-state index in [9.17, 15) is 9.59 Å². The van der Waals surface area contributed by atoms with Gasteiger partial charge in [-0.05, 0) is 26.3 Å². The van der Waals surface area contributed by atoms with Crippen LogP contribution in [0.1, 0.15) is 32.6 Å². The Morgan fingerprint density at radius 3 is 2.85 bits per heavy atom. The Kier molecular flexibility index (Phi) is 7.02. The van der Waals surface area contributed by atoms with Crippen LogP contribution in [-0.2, 0) is 9.59 Å². The molecule has 0 aliphatic carbocycles. The zero-order valence-corrected chi connectivity index (χ0v) is 12.0. The quantitative estimate of drug-likeness (QED) is 0.750. The number of hydrogen-bond donors (Lipinski definition) is 1. The van der Waals surface area contributed by atoms with Crippen molar-refractivity contribution in [2.45, 2.75) is 32.6 Å². The summed E-state index contributed by atoms with van der Waals surface area (Å²) in [5.74, 6) is -0.887. The second kappa shape index (κ2) is 8.54. The van der Waals surface area contributed by atoms with Crippen molar-refractivity contribution in [3.8, 4) is 6.07 Å². The highest BCUT2D eigenvalue weighted by Gasteiger charge is 2.28. The van der Waals surface area contributed by atoms with Gasteiger partial charge >= 0.3 is 5.97 Å². The summed E-state index contributed by atoms with van der Waals surface area (Å²) in [4.78, 5) is 26.8. The Morgan fingerprint density at radius 1 is 1.50 bits per heavy atom. The van der Waals surface area contributed by atoms with Crippen LogP contribution in [0, 0.1) is 17.2 Å². The number of amides is 1. The third kappa shape index (κ3) is 5.17. The van der Waals surface area contributed by atoms with Gasteiger partial charge in [0.2, 0.25) is 5.91 Å². The van der Waals surface area contributed by atoms with Crippen LogP contribution >= 0.6 is 0 Å². The topological polar surface area (TPSA) is 84.6 Å². The molecule has 0 aromatic heterocycles. The van der Waals surface area contributed by atoms with Crippen LogP contribution < -0.4 is 0 Å². The van der Waals surface area contributed by atoms with Gasteiger partial charge in [-0.3, -0.25) is 9.59 Å². The summed E-state index contributed by atoms with van der Waals surface area (Å²) < 4.78 is 0. The van der Waals surface area contributed by atoms with E-state index in [0.717, 1.165) is 19.4 Å².